The van der Waals surface area contributed by atoms with Crippen LogP contribution in [0.3, 0.4) is 0 Å². The minimum Gasteiger partial charge on any atom is -0.511 e. The highest BCUT2D eigenvalue weighted by atomic mass is 16.5. The Balaban J connectivity index is 0.000000321. The molecule has 3 aliphatic carbocycles. The molecule has 1 saturated carbocycles. The van der Waals surface area contributed by atoms with Gasteiger partial charge in [0, 0.05) is 40.9 Å². The van der Waals surface area contributed by atoms with Crippen LogP contribution in [0.2, 0.25) is 0 Å². The number of carbonyl (C=O) groups is 6. The van der Waals surface area contributed by atoms with Crippen LogP contribution in [-0.4, -0.2) is 65.8 Å². The summed E-state index contributed by atoms with van der Waals surface area (Å²) in [6.07, 6.45) is 13.9. The molecule has 1 heterocycles. The van der Waals surface area contributed by atoms with Gasteiger partial charge in [-0.15, -0.1) is 0 Å². The number of ether oxygens (including phenoxy) is 1. The molecule has 1 aromatic rings. The van der Waals surface area contributed by atoms with Gasteiger partial charge in [-0.2, -0.15) is 0 Å². The molecular formula is C62H84O12. The minimum absolute atomic E-state index is 0.0349. The first-order valence-electron chi connectivity index (χ1n) is 26.1. The average molecular weight is 1020 g/mol. The van der Waals surface area contributed by atoms with Gasteiger partial charge < -0.3 is 30.3 Å². The van der Waals surface area contributed by atoms with E-state index in [9.17, 15) is 54.3 Å². The molecule has 1 fully saturated rings. The fraction of sp³-hybridized carbons (Fsp3) is 0.548. The van der Waals surface area contributed by atoms with Crippen molar-refractivity contribution in [2.24, 2.45) is 45.8 Å². The standard InChI is InChI=1S/C34H50O4.C28H34O8/c1-21(2)12-11-13-28-26(16-14-22(3)4)20-33(19-18-24(7)8)30(36)27(17-15-23(5)6)31(37)34(28,32(33)38)29(35)25(9)10;1-12(2)19(29)17-22(32)15(21(31)14-9-10-27(5,6)36-24(14)17)11-16-23(33)18(20(30)13(3)4)26(35)28(7,8)25(16)34/h12,14-15,18,25-26,28,36H,11,13,16-17,19-20H2,1-10H3;9-10,12-13,31-34H,11H2,1-8H3. The number of fused-ring (bicyclic) bond motifs is 3. The fourth-order valence-corrected chi connectivity index (χ4v) is 10.7. The number of hydrogen-bond acceptors (Lipinski definition) is 12. The van der Waals surface area contributed by atoms with Crippen LogP contribution in [0.5, 0.6) is 17.2 Å². The highest BCUT2D eigenvalue weighted by molar-refractivity contribution is 6.33. The molecule has 74 heavy (non-hydrogen) atoms. The van der Waals surface area contributed by atoms with Gasteiger partial charge in [0.2, 0.25) is 0 Å². The topological polar surface area (TPSA) is 213 Å². The Morgan fingerprint density at radius 2 is 1.24 bits per heavy atom. The molecule has 0 saturated heterocycles. The van der Waals surface area contributed by atoms with E-state index in [0.717, 1.165) is 16.7 Å². The van der Waals surface area contributed by atoms with Gasteiger partial charge in [-0.1, -0.05) is 88.1 Å². The van der Waals surface area contributed by atoms with Crippen LogP contribution in [-0.2, 0) is 30.4 Å². The first kappa shape index (κ1) is 60.5. The van der Waals surface area contributed by atoms with Crippen LogP contribution in [0.15, 0.2) is 86.7 Å². The van der Waals surface area contributed by atoms with Crippen molar-refractivity contribution >= 4 is 40.8 Å². The summed E-state index contributed by atoms with van der Waals surface area (Å²) in [5, 5.41) is 56.2. The second kappa shape index (κ2) is 22.8. The third kappa shape index (κ3) is 11.4. The molecule has 5 rings (SSSR count). The number of phenols is 2. The molecule has 5 N–H and O–H groups in total. The van der Waals surface area contributed by atoms with Crippen molar-refractivity contribution in [1.82, 2.24) is 0 Å². The zero-order chi connectivity index (χ0) is 56.5. The van der Waals surface area contributed by atoms with Crippen LogP contribution >= 0.6 is 0 Å². The van der Waals surface area contributed by atoms with Crippen molar-refractivity contribution in [3.63, 3.8) is 0 Å². The maximum atomic E-state index is 14.8. The predicted octanol–water partition coefficient (Wildman–Crippen LogP) is 13.7. The molecule has 0 amide bonds. The summed E-state index contributed by atoms with van der Waals surface area (Å²) in [6.45, 7) is 32.4. The lowest BCUT2D eigenvalue weighted by molar-refractivity contribution is -0.169. The van der Waals surface area contributed by atoms with E-state index in [-0.39, 0.29) is 63.3 Å². The minimum atomic E-state index is -1.77. The van der Waals surface area contributed by atoms with E-state index in [2.05, 4.69) is 12.2 Å². The summed E-state index contributed by atoms with van der Waals surface area (Å²) in [5.74, 6) is -7.24. The number of hydrogen-bond donors (Lipinski definition) is 5. The summed E-state index contributed by atoms with van der Waals surface area (Å²) < 4.78 is 5.96. The van der Waals surface area contributed by atoms with Crippen molar-refractivity contribution < 1.29 is 59.0 Å². The Morgan fingerprint density at radius 3 is 1.76 bits per heavy atom. The lowest BCUT2D eigenvalue weighted by Gasteiger charge is -2.56. The number of benzene rings is 1. The zero-order valence-electron chi connectivity index (χ0n) is 47.4. The molecule has 12 heteroatoms. The molecule has 0 aromatic heterocycles. The Hall–Kier alpha value is -6.04. The highest BCUT2D eigenvalue weighted by Crippen LogP contribution is 2.62. The molecule has 4 unspecified atom stereocenters. The number of carbonyl (C=O) groups excluding carboxylic acids is 6. The third-order valence-corrected chi connectivity index (χ3v) is 14.9. The largest absolute Gasteiger partial charge is 0.511 e. The van der Waals surface area contributed by atoms with Crippen molar-refractivity contribution in [2.45, 2.75) is 175 Å². The number of Topliss-reactive ketones (excluding diaryl/α,β-unsaturated/α-hetero) is 6. The molecule has 404 valence electrons. The smallest absolute Gasteiger partial charge is 0.183 e. The Kier molecular flexibility index (Phi) is 18.7. The van der Waals surface area contributed by atoms with Gasteiger partial charge in [0.1, 0.15) is 51.3 Å². The Bertz CT molecular complexity index is 2740. The van der Waals surface area contributed by atoms with E-state index in [1.54, 1.807) is 67.5 Å². The zero-order valence-corrected chi connectivity index (χ0v) is 47.4. The van der Waals surface area contributed by atoms with Gasteiger partial charge in [0.15, 0.2) is 40.1 Å². The SMILES string of the molecule is CC(C)=CCCC1C(CC=C(C)C)CC2(CC=C(C)C)C(=O)C1(C(=O)C(C)C)C(=O)C(CC=C(C)C)=C2O.CC(C)C(=O)C1=C(O)C(Cc2c(O)c3c(c(C(=O)C(C)C)c2O)OC(C)(C)C=C3)=C(O)C(C)(C)C1=O. The molecule has 0 spiro atoms. The lowest BCUT2D eigenvalue weighted by atomic mass is 9.43. The summed E-state index contributed by atoms with van der Waals surface area (Å²) in [5.41, 5.74) is -1.50. The summed E-state index contributed by atoms with van der Waals surface area (Å²) in [6, 6.07) is 0. The second-order valence-corrected chi connectivity index (χ2v) is 23.9. The van der Waals surface area contributed by atoms with Crippen LogP contribution < -0.4 is 4.74 Å². The molecule has 4 aliphatic rings. The Labute approximate surface area is 439 Å². The van der Waals surface area contributed by atoms with Crippen LogP contribution in [0.25, 0.3) is 6.08 Å². The van der Waals surface area contributed by atoms with Crippen molar-refractivity contribution in [3.8, 4) is 17.2 Å². The normalized spacial score (nSPS) is 22.7. The molecule has 2 bridgehead atoms. The van der Waals surface area contributed by atoms with Crippen LogP contribution in [0.1, 0.15) is 185 Å². The summed E-state index contributed by atoms with van der Waals surface area (Å²) >= 11 is 0. The van der Waals surface area contributed by atoms with Crippen molar-refractivity contribution in [1.29, 1.82) is 0 Å². The van der Waals surface area contributed by atoms with Gasteiger partial charge in [-0.25, -0.2) is 0 Å². The molecule has 1 aliphatic heterocycles. The number of phenolic OH excluding ortho intramolecular Hbond substituents is 2. The van der Waals surface area contributed by atoms with Crippen molar-refractivity contribution in [2.75, 3.05) is 0 Å². The van der Waals surface area contributed by atoms with E-state index < -0.39 is 104 Å². The maximum Gasteiger partial charge on any atom is 0.183 e. The van der Waals surface area contributed by atoms with E-state index >= 15 is 0 Å². The van der Waals surface area contributed by atoms with E-state index in [0.29, 0.717) is 32.1 Å². The second-order valence-electron chi connectivity index (χ2n) is 23.9. The molecule has 4 atom stereocenters. The number of aliphatic hydroxyl groups excluding tert-OH is 3. The van der Waals surface area contributed by atoms with E-state index in [1.807, 2.05) is 67.5 Å². The number of ketones is 6. The first-order chi connectivity index (χ1) is 34.1. The van der Waals surface area contributed by atoms with Crippen LogP contribution in [0, 0.1) is 45.8 Å². The van der Waals surface area contributed by atoms with Crippen LogP contribution in [0.4, 0.5) is 0 Å². The lowest BCUT2D eigenvalue weighted by Crippen LogP contribution is -2.67. The molecule has 1 aromatic carbocycles. The number of rotatable bonds is 17. The van der Waals surface area contributed by atoms with Gasteiger partial charge >= 0.3 is 0 Å². The van der Waals surface area contributed by atoms with Gasteiger partial charge in [0.25, 0.3) is 0 Å². The quantitative estimate of drug-likeness (QED) is 0.0427. The third-order valence-electron chi connectivity index (χ3n) is 14.9. The van der Waals surface area contributed by atoms with Crippen molar-refractivity contribution in [3.05, 3.63) is 103 Å². The number of aromatic hydroxyl groups is 2. The fourth-order valence-electron chi connectivity index (χ4n) is 10.7. The first-order valence-corrected chi connectivity index (χ1v) is 26.1. The Morgan fingerprint density at radius 1 is 0.689 bits per heavy atom. The maximum absolute atomic E-state index is 14.8. The molecule has 0 radical (unpaired) electrons. The molecule has 12 nitrogen and oxygen atoms in total. The van der Waals surface area contributed by atoms with Gasteiger partial charge in [-0.05, 0) is 146 Å². The van der Waals surface area contributed by atoms with E-state index in [4.69, 9.17) is 4.74 Å². The van der Waals surface area contributed by atoms with E-state index in [1.165, 1.54) is 19.4 Å². The predicted molar refractivity (Wildman–Crippen MR) is 291 cm³/mol. The average Bonchev–Trinajstić information content (AvgIpc) is 3.29. The number of allylic oxidation sites excluding steroid dienone is 13. The molecular weight excluding hydrogens is 937 g/mol. The summed E-state index contributed by atoms with van der Waals surface area (Å²) in [7, 11) is 0. The van der Waals surface area contributed by atoms with Gasteiger partial charge in [0.05, 0.1) is 16.4 Å². The number of aliphatic hydroxyl groups is 3. The van der Waals surface area contributed by atoms with Gasteiger partial charge in [-0.3, -0.25) is 28.8 Å². The highest BCUT2D eigenvalue weighted by Gasteiger charge is 2.71. The monoisotopic (exact) mass is 1020 g/mol. The summed E-state index contributed by atoms with van der Waals surface area (Å²) in [4.78, 5) is 82.6.